The number of hydrogen-bond acceptors (Lipinski definition) is 3. The fourth-order valence-corrected chi connectivity index (χ4v) is 3.18. The number of fused-ring (bicyclic) bond motifs is 1. The van der Waals surface area contributed by atoms with Gasteiger partial charge in [-0.3, -0.25) is 9.52 Å². The Labute approximate surface area is 134 Å². The molecular weight excluding hydrogens is 292 g/mol. The van der Waals surface area contributed by atoms with Crippen molar-refractivity contribution in [3.8, 4) is 0 Å². The van der Waals surface area contributed by atoms with Gasteiger partial charge in [0.2, 0.25) is 0 Å². The molecule has 0 amide bonds. The van der Waals surface area contributed by atoms with E-state index in [0.717, 1.165) is 27.9 Å². The number of rotatable bonds is 4. The zero-order chi connectivity index (χ0) is 15.5. The van der Waals surface area contributed by atoms with Crippen molar-refractivity contribution in [3.05, 3.63) is 76.1 Å². The average Bonchev–Trinajstić information content (AvgIpc) is 2.54. The van der Waals surface area contributed by atoms with E-state index in [1.165, 1.54) is 5.56 Å². The van der Waals surface area contributed by atoms with Crippen LogP contribution in [0, 0.1) is 6.92 Å². The summed E-state index contributed by atoms with van der Waals surface area (Å²) in [7, 11) is 1.81. The largest absolute Gasteiger partial charge is 0.311 e. The molecule has 0 spiro atoms. The Morgan fingerprint density at radius 1 is 1.09 bits per heavy atom. The number of benzene rings is 2. The molecule has 2 aromatic carbocycles. The van der Waals surface area contributed by atoms with Crippen LogP contribution in [0.2, 0.25) is 0 Å². The Balaban J connectivity index is 1.79. The fourth-order valence-electron chi connectivity index (χ4n) is 2.46. The molecule has 1 N–H and O–H groups in total. The maximum atomic E-state index is 11.8. The Bertz CT molecular complexity index is 856. The zero-order valence-corrected chi connectivity index (χ0v) is 13.5. The van der Waals surface area contributed by atoms with Crippen molar-refractivity contribution in [3.63, 3.8) is 0 Å². The third kappa shape index (κ3) is 3.08. The highest BCUT2D eigenvalue weighted by molar-refractivity contribution is 7.97. The first kappa shape index (κ1) is 14.9. The Kier molecular flexibility index (Phi) is 4.32. The summed E-state index contributed by atoms with van der Waals surface area (Å²) in [5, 5.41) is 1.12. The molecular formula is C18H18N2OS. The molecule has 0 unspecified atom stereocenters. The quantitative estimate of drug-likeness (QED) is 0.747. The summed E-state index contributed by atoms with van der Waals surface area (Å²) in [4.78, 5) is 13.0. The first-order valence-electron chi connectivity index (χ1n) is 7.19. The van der Waals surface area contributed by atoms with Crippen LogP contribution >= 0.6 is 11.9 Å². The van der Waals surface area contributed by atoms with Crippen molar-refractivity contribution in [1.82, 2.24) is 9.29 Å². The standard InChI is InChI=1S/C18H18N2OS/c1-13-10-18(21)20(2)17-9-8-15(11-16(13)17)22-19-12-14-6-4-3-5-7-14/h3-11,19H,12H2,1-2H3. The summed E-state index contributed by atoms with van der Waals surface area (Å²) in [6.07, 6.45) is 0. The lowest BCUT2D eigenvalue weighted by atomic mass is 10.1. The number of aryl methyl sites for hydroxylation is 2. The second-order valence-corrected chi connectivity index (χ2v) is 6.28. The SMILES string of the molecule is Cc1cc(=O)n(C)c2ccc(SNCc3ccccc3)cc12. The van der Waals surface area contributed by atoms with E-state index < -0.39 is 0 Å². The third-order valence-electron chi connectivity index (χ3n) is 3.73. The van der Waals surface area contributed by atoms with E-state index >= 15 is 0 Å². The van der Waals surface area contributed by atoms with E-state index in [1.54, 1.807) is 22.6 Å². The molecule has 3 nitrogen and oxygen atoms in total. The maximum Gasteiger partial charge on any atom is 0.251 e. The van der Waals surface area contributed by atoms with Gasteiger partial charge in [0.15, 0.2) is 0 Å². The van der Waals surface area contributed by atoms with Crippen molar-refractivity contribution >= 4 is 22.9 Å². The van der Waals surface area contributed by atoms with Crippen LogP contribution in [0.25, 0.3) is 10.9 Å². The van der Waals surface area contributed by atoms with Gasteiger partial charge in [0.25, 0.3) is 5.56 Å². The maximum absolute atomic E-state index is 11.8. The van der Waals surface area contributed by atoms with Gasteiger partial charge in [-0.2, -0.15) is 0 Å². The van der Waals surface area contributed by atoms with Crippen molar-refractivity contribution in [1.29, 1.82) is 0 Å². The van der Waals surface area contributed by atoms with Crippen LogP contribution in [0.3, 0.4) is 0 Å². The van der Waals surface area contributed by atoms with Gasteiger partial charge < -0.3 is 4.57 Å². The molecule has 4 heteroatoms. The second-order valence-electron chi connectivity index (χ2n) is 5.31. The highest BCUT2D eigenvalue weighted by Crippen LogP contribution is 2.23. The third-order valence-corrected chi connectivity index (χ3v) is 4.51. The van der Waals surface area contributed by atoms with Crippen molar-refractivity contribution in [2.45, 2.75) is 18.4 Å². The Morgan fingerprint density at radius 2 is 1.86 bits per heavy atom. The Morgan fingerprint density at radius 3 is 2.64 bits per heavy atom. The molecule has 0 radical (unpaired) electrons. The van der Waals surface area contributed by atoms with Crippen LogP contribution in [0.5, 0.6) is 0 Å². The van der Waals surface area contributed by atoms with Gasteiger partial charge >= 0.3 is 0 Å². The molecule has 0 aliphatic rings. The first-order chi connectivity index (χ1) is 10.6. The molecule has 0 bridgehead atoms. The summed E-state index contributed by atoms with van der Waals surface area (Å²) in [6.45, 7) is 2.80. The van der Waals surface area contributed by atoms with E-state index in [9.17, 15) is 4.79 Å². The summed E-state index contributed by atoms with van der Waals surface area (Å²) in [6, 6.07) is 18.2. The average molecular weight is 310 g/mol. The molecule has 3 aromatic rings. The number of aromatic nitrogens is 1. The van der Waals surface area contributed by atoms with E-state index in [1.807, 2.05) is 44.3 Å². The highest BCUT2D eigenvalue weighted by atomic mass is 32.2. The minimum atomic E-state index is 0.0348. The zero-order valence-electron chi connectivity index (χ0n) is 12.7. The topological polar surface area (TPSA) is 34.0 Å². The van der Waals surface area contributed by atoms with E-state index in [-0.39, 0.29) is 5.56 Å². The van der Waals surface area contributed by atoms with Crippen molar-refractivity contribution in [2.24, 2.45) is 7.05 Å². The molecule has 3 rings (SSSR count). The lowest BCUT2D eigenvalue weighted by molar-refractivity contribution is 0.902. The molecule has 1 aromatic heterocycles. The van der Waals surface area contributed by atoms with E-state index in [0.29, 0.717) is 0 Å². The van der Waals surface area contributed by atoms with E-state index in [2.05, 4.69) is 22.9 Å². The van der Waals surface area contributed by atoms with Crippen LogP contribution in [0.1, 0.15) is 11.1 Å². The minimum absolute atomic E-state index is 0.0348. The van der Waals surface area contributed by atoms with Gasteiger partial charge in [0.1, 0.15) is 0 Å². The number of nitrogens with one attached hydrogen (secondary N) is 1. The van der Waals surface area contributed by atoms with Crippen LogP contribution in [0.15, 0.2) is 64.3 Å². The van der Waals surface area contributed by atoms with Gasteiger partial charge in [0, 0.05) is 29.9 Å². The highest BCUT2D eigenvalue weighted by Gasteiger charge is 2.05. The number of pyridine rings is 1. The molecule has 0 fully saturated rings. The summed E-state index contributed by atoms with van der Waals surface area (Å²) in [5.41, 5.74) is 3.28. The molecule has 22 heavy (non-hydrogen) atoms. The molecule has 112 valence electrons. The van der Waals surface area contributed by atoms with Crippen molar-refractivity contribution < 1.29 is 0 Å². The van der Waals surface area contributed by atoms with Gasteiger partial charge in [-0.05, 0) is 48.2 Å². The second kappa shape index (κ2) is 6.38. The monoisotopic (exact) mass is 310 g/mol. The molecule has 0 aliphatic carbocycles. The number of nitrogens with zero attached hydrogens (tertiary/aromatic N) is 1. The molecule has 0 saturated heterocycles. The van der Waals surface area contributed by atoms with Gasteiger partial charge in [-0.25, -0.2) is 0 Å². The molecule has 0 aliphatic heterocycles. The van der Waals surface area contributed by atoms with Crippen molar-refractivity contribution in [2.75, 3.05) is 0 Å². The first-order valence-corrected chi connectivity index (χ1v) is 8.01. The Hall–Kier alpha value is -2.04. The van der Waals surface area contributed by atoms with E-state index in [4.69, 9.17) is 0 Å². The van der Waals surface area contributed by atoms with Crippen LogP contribution in [-0.2, 0) is 13.6 Å². The fraction of sp³-hybridized carbons (Fsp3) is 0.167. The normalized spacial score (nSPS) is 11.0. The molecule has 1 heterocycles. The summed E-state index contributed by atoms with van der Waals surface area (Å²) < 4.78 is 5.06. The predicted octanol–water partition coefficient (Wildman–Crippen LogP) is 3.64. The van der Waals surface area contributed by atoms with Crippen LogP contribution in [-0.4, -0.2) is 4.57 Å². The van der Waals surface area contributed by atoms with Crippen LogP contribution in [0.4, 0.5) is 0 Å². The minimum Gasteiger partial charge on any atom is -0.311 e. The molecule has 0 saturated carbocycles. The number of hydrogen-bond donors (Lipinski definition) is 1. The lowest BCUT2D eigenvalue weighted by Gasteiger charge is -2.10. The predicted molar refractivity (Wildman–Crippen MR) is 93.1 cm³/mol. The smallest absolute Gasteiger partial charge is 0.251 e. The summed E-state index contributed by atoms with van der Waals surface area (Å²) in [5.74, 6) is 0. The lowest BCUT2D eigenvalue weighted by Crippen LogP contribution is -2.16. The van der Waals surface area contributed by atoms with Gasteiger partial charge in [0.05, 0.1) is 5.52 Å². The van der Waals surface area contributed by atoms with Gasteiger partial charge in [-0.1, -0.05) is 30.3 Å². The van der Waals surface area contributed by atoms with Crippen LogP contribution < -0.4 is 10.3 Å². The molecule has 0 atom stereocenters. The summed E-state index contributed by atoms with van der Waals surface area (Å²) >= 11 is 1.61. The van der Waals surface area contributed by atoms with Gasteiger partial charge in [-0.15, -0.1) is 0 Å².